The van der Waals surface area contributed by atoms with Crippen LogP contribution in [0.5, 0.6) is 0 Å². The van der Waals surface area contributed by atoms with Gasteiger partial charge in [0.25, 0.3) is 11.6 Å². The highest BCUT2D eigenvalue weighted by molar-refractivity contribution is 6.07. The first-order valence-corrected chi connectivity index (χ1v) is 8.50. The van der Waals surface area contributed by atoms with E-state index < -0.39 is 0 Å². The van der Waals surface area contributed by atoms with Crippen molar-refractivity contribution >= 4 is 17.0 Å². The summed E-state index contributed by atoms with van der Waals surface area (Å²) in [4.78, 5) is 21.5. The van der Waals surface area contributed by atoms with E-state index in [1.807, 2.05) is 32.3 Å². The molecule has 1 atom stereocenters. The van der Waals surface area contributed by atoms with Crippen molar-refractivity contribution in [1.29, 1.82) is 0 Å². The molecular formula is C19H18N6O2. The second-order valence-corrected chi connectivity index (χ2v) is 6.38. The minimum absolute atomic E-state index is 0.175. The molecule has 0 aliphatic carbocycles. The van der Waals surface area contributed by atoms with Crippen LogP contribution in [0.25, 0.3) is 22.4 Å². The molecule has 0 fully saturated rings. The maximum Gasteiger partial charge on any atom is 0.259 e. The van der Waals surface area contributed by atoms with E-state index in [1.165, 1.54) is 0 Å². The van der Waals surface area contributed by atoms with E-state index in [-0.39, 0.29) is 11.9 Å². The van der Waals surface area contributed by atoms with Crippen molar-refractivity contribution in [3.63, 3.8) is 0 Å². The summed E-state index contributed by atoms with van der Waals surface area (Å²) in [5.74, 6) is -0.219. The standard InChI is InChI=1S/C19H18N6O2/c1-11(13-4-6-20-7-5-13)22-18(26)15-8-16(14-9-21-25(3)10-14)23-19-17(15)12(2)24-27-19/h4-11H,1-3H3,(H,22,26)/t11-/m0/s1. The largest absolute Gasteiger partial charge is 0.345 e. The van der Waals surface area contributed by atoms with Crippen LogP contribution in [0, 0.1) is 6.92 Å². The summed E-state index contributed by atoms with van der Waals surface area (Å²) >= 11 is 0. The third kappa shape index (κ3) is 3.17. The number of carbonyl (C=O) groups excluding carboxylic acids is 1. The minimum atomic E-state index is -0.219. The van der Waals surface area contributed by atoms with Crippen LogP contribution in [-0.2, 0) is 7.05 Å². The van der Waals surface area contributed by atoms with Gasteiger partial charge in [0.15, 0.2) is 0 Å². The first-order chi connectivity index (χ1) is 13.0. The Kier molecular flexibility index (Phi) is 4.15. The van der Waals surface area contributed by atoms with Gasteiger partial charge in [-0.05, 0) is 37.6 Å². The normalized spacial score (nSPS) is 12.3. The zero-order valence-corrected chi connectivity index (χ0v) is 15.2. The lowest BCUT2D eigenvalue weighted by atomic mass is 10.1. The fourth-order valence-electron chi connectivity index (χ4n) is 2.99. The molecule has 0 saturated carbocycles. The minimum Gasteiger partial charge on any atom is -0.345 e. The number of pyridine rings is 2. The fraction of sp³-hybridized carbons (Fsp3) is 0.211. The van der Waals surface area contributed by atoms with Crippen LogP contribution in [0.4, 0.5) is 0 Å². The SMILES string of the molecule is Cc1noc2nc(-c3cnn(C)c3)cc(C(=O)N[C@@H](C)c3ccncc3)c12. The first kappa shape index (κ1) is 16.9. The number of fused-ring (bicyclic) bond motifs is 1. The lowest BCUT2D eigenvalue weighted by molar-refractivity contribution is 0.0941. The van der Waals surface area contributed by atoms with Crippen molar-refractivity contribution in [1.82, 2.24) is 30.2 Å². The van der Waals surface area contributed by atoms with Gasteiger partial charge in [0.2, 0.25) is 0 Å². The van der Waals surface area contributed by atoms with Gasteiger partial charge in [-0.2, -0.15) is 5.10 Å². The van der Waals surface area contributed by atoms with Crippen LogP contribution in [0.3, 0.4) is 0 Å². The maximum atomic E-state index is 13.0. The average molecular weight is 362 g/mol. The van der Waals surface area contributed by atoms with E-state index in [0.717, 1.165) is 11.1 Å². The third-order valence-corrected chi connectivity index (χ3v) is 4.42. The van der Waals surface area contributed by atoms with Gasteiger partial charge in [-0.15, -0.1) is 0 Å². The number of hydrogen-bond donors (Lipinski definition) is 1. The van der Waals surface area contributed by atoms with E-state index in [0.29, 0.717) is 28.1 Å². The van der Waals surface area contributed by atoms with Crippen LogP contribution >= 0.6 is 0 Å². The molecule has 1 amide bonds. The highest BCUT2D eigenvalue weighted by atomic mass is 16.5. The topological polar surface area (TPSA) is 98.7 Å². The summed E-state index contributed by atoms with van der Waals surface area (Å²) in [7, 11) is 1.82. The average Bonchev–Trinajstić information content (AvgIpc) is 3.27. The quantitative estimate of drug-likeness (QED) is 0.599. The predicted octanol–water partition coefficient (Wildman–Crippen LogP) is 2.82. The van der Waals surface area contributed by atoms with Crippen molar-refractivity contribution < 1.29 is 9.32 Å². The number of nitrogens with one attached hydrogen (secondary N) is 1. The van der Waals surface area contributed by atoms with E-state index in [4.69, 9.17) is 4.52 Å². The Labute approximate surface area is 155 Å². The van der Waals surface area contributed by atoms with Gasteiger partial charge in [-0.25, -0.2) is 4.98 Å². The van der Waals surface area contributed by atoms with Crippen molar-refractivity contribution in [3.8, 4) is 11.3 Å². The highest BCUT2D eigenvalue weighted by Gasteiger charge is 2.21. The van der Waals surface area contributed by atoms with E-state index in [1.54, 1.807) is 36.3 Å². The summed E-state index contributed by atoms with van der Waals surface area (Å²) in [6.45, 7) is 3.72. The van der Waals surface area contributed by atoms with E-state index in [2.05, 4.69) is 25.5 Å². The molecule has 136 valence electrons. The van der Waals surface area contributed by atoms with Crippen LogP contribution in [0.15, 0.2) is 47.5 Å². The Morgan fingerprint density at radius 2 is 2.07 bits per heavy atom. The Morgan fingerprint density at radius 3 is 2.78 bits per heavy atom. The molecule has 8 nitrogen and oxygen atoms in total. The number of aromatic nitrogens is 5. The fourth-order valence-corrected chi connectivity index (χ4v) is 2.99. The van der Waals surface area contributed by atoms with Crippen LogP contribution in [0.1, 0.15) is 34.6 Å². The van der Waals surface area contributed by atoms with Gasteiger partial charge in [-0.1, -0.05) is 5.16 Å². The van der Waals surface area contributed by atoms with Gasteiger partial charge in [-0.3, -0.25) is 14.5 Å². The Balaban J connectivity index is 1.75. The monoisotopic (exact) mass is 362 g/mol. The number of carbonyl (C=O) groups is 1. The summed E-state index contributed by atoms with van der Waals surface area (Å²) in [6, 6.07) is 5.32. The molecule has 8 heteroatoms. The highest BCUT2D eigenvalue weighted by Crippen LogP contribution is 2.27. The molecule has 0 aliphatic rings. The molecule has 0 saturated heterocycles. The molecule has 4 aromatic rings. The Bertz CT molecular complexity index is 1120. The second-order valence-electron chi connectivity index (χ2n) is 6.38. The van der Waals surface area contributed by atoms with Crippen LogP contribution in [0.2, 0.25) is 0 Å². The third-order valence-electron chi connectivity index (χ3n) is 4.42. The van der Waals surface area contributed by atoms with E-state index in [9.17, 15) is 4.79 Å². The van der Waals surface area contributed by atoms with Crippen molar-refractivity contribution in [2.45, 2.75) is 19.9 Å². The molecule has 4 heterocycles. The van der Waals surface area contributed by atoms with Gasteiger partial charge in [0, 0.05) is 31.2 Å². The molecule has 4 rings (SSSR count). The molecule has 1 N–H and O–H groups in total. The molecule has 0 spiro atoms. The summed E-state index contributed by atoms with van der Waals surface area (Å²) < 4.78 is 7.00. The van der Waals surface area contributed by atoms with Gasteiger partial charge in [0.05, 0.1) is 34.6 Å². The zero-order chi connectivity index (χ0) is 19.0. The van der Waals surface area contributed by atoms with Gasteiger partial charge < -0.3 is 9.84 Å². The smallest absolute Gasteiger partial charge is 0.259 e. The first-order valence-electron chi connectivity index (χ1n) is 8.50. The van der Waals surface area contributed by atoms with Gasteiger partial charge in [0.1, 0.15) is 0 Å². The van der Waals surface area contributed by atoms with Crippen LogP contribution < -0.4 is 5.32 Å². The predicted molar refractivity (Wildman–Crippen MR) is 98.9 cm³/mol. The molecule has 0 radical (unpaired) electrons. The zero-order valence-electron chi connectivity index (χ0n) is 15.2. The molecule has 0 unspecified atom stereocenters. The summed E-state index contributed by atoms with van der Waals surface area (Å²) in [6.07, 6.45) is 6.93. The number of nitrogens with zero attached hydrogens (tertiary/aromatic N) is 5. The molecule has 27 heavy (non-hydrogen) atoms. The lowest BCUT2D eigenvalue weighted by Gasteiger charge is -2.14. The Morgan fingerprint density at radius 1 is 1.30 bits per heavy atom. The number of aryl methyl sites for hydroxylation is 2. The van der Waals surface area contributed by atoms with Crippen molar-refractivity contribution in [2.75, 3.05) is 0 Å². The van der Waals surface area contributed by atoms with Crippen molar-refractivity contribution in [3.05, 3.63) is 59.8 Å². The summed E-state index contributed by atoms with van der Waals surface area (Å²) in [5.41, 5.74) is 3.79. The molecule has 0 aromatic carbocycles. The van der Waals surface area contributed by atoms with Crippen LogP contribution in [-0.4, -0.2) is 30.8 Å². The summed E-state index contributed by atoms with van der Waals surface area (Å²) in [5, 5.41) is 11.8. The Hall–Kier alpha value is -3.55. The van der Waals surface area contributed by atoms with Gasteiger partial charge >= 0.3 is 0 Å². The molecular weight excluding hydrogens is 344 g/mol. The van der Waals surface area contributed by atoms with Crippen molar-refractivity contribution in [2.24, 2.45) is 7.05 Å². The maximum absolute atomic E-state index is 13.0. The second kappa shape index (κ2) is 6.64. The van der Waals surface area contributed by atoms with E-state index >= 15 is 0 Å². The number of amides is 1. The molecule has 0 bridgehead atoms. The molecule has 0 aliphatic heterocycles. The number of hydrogen-bond acceptors (Lipinski definition) is 6. The number of rotatable bonds is 4. The lowest BCUT2D eigenvalue weighted by Crippen LogP contribution is -2.27. The molecule has 4 aromatic heterocycles.